The molecule has 0 heterocycles. The molecule has 60 heavy (non-hydrogen) atoms. The molecule has 0 aliphatic heterocycles. The molecule has 6 heteroatoms. The fourth-order valence-electron chi connectivity index (χ4n) is 7.52. The summed E-state index contributed by atoms with van der Waals surface area (Å²) in [6.07, 6.45) is 57.0. The van der Waals surface area contributed by atoms with Crippen LogP contribution in [0.25, 0.3) is 0 Å². The van der Waals surface area contributed by atoms with Gasteiger partial charge >= 0.3 is 17.9 Å². The van der Waals surface area contributed by atoms with Gasteiger partial charge in [-0.15, -0.1) is 0 Å². The van der Waals surface area contributed by atoms with Crippen LogP contribution in [-0.4, -0.2) is 37.2 Å². The van der Waals surface area contributed by atoms with Crippen molar-refractivity contribution in [2.75, 3.05) is 13.2 Å². The molecule has 0 amide bonds. The third-order valence-corrected chi connectivity index (χ3v) is 11.4. The number of ether oxygens (including phenoxy) is 3. The molecule has 1 atom stereocenters. The first-order valence-electron chi connectivity index (χ1n) is 26.0. The molecule has 0 saturated heterocycles. The molecule has 0 N–H and O–H groups in total. The number of carbonyl (C=O) groups excluding carboxylic acids is 3. The molecular formula is C54H98O6. The second-order valence-corrected chi connectivity index (χ2v) is 17.4. The summed E-state index contributed by atoms with van der Waals surface area (Å²) in [5.41, 5.74) is 0. The van der Waals surface area contributed by atoms with Gasteiger partial charge in [0.15, 0.2) is 6.10 Å². The largest absolute Gasteiger partial charge is 0.462 e. The molecule has 0 radical (unpaired) electrons. The quantitative estimate of drug-likeness (QED) is 0.0263. The van der Waals surface area contributed by atoms with Crippen molar-refractivity contribution in [1.82, 2.24) is 0 Å². The topological polar surface area (TPSA) is 78.9 Å². The predicted molar refractivity (Wildman–Crippen MR) is 256 cm³/mol. The van der Waals surface area contributed by atoms with Gasteiger partial charge in [0.25, 0.3) is 0 Å². The fraction of sp³-hybridized carbons (Fsp3) is 0.833. The van der Waals surface area contributed by atoms with Crippen LogP contribution < -0.4 is 0 Å². The first-order valence-corrected chi connectivity index (χ1v) is 26.0. The third kappa shape index (κ3) is 46.7. The zero-order chi connectivity index (χ0) is 43.7. The molecule has 0 saturated carbocycles. The summed E-state index contributed by atoms with van der Waals surface area (Å²) in [4.78, 5) is 37.9. The molecule has 1 unspecified atom stereocenters. The lowest BCUT2D eigenvalue weighted by Crippen LogP contribution is -2.30. The maximum absolute atomic E-state index is 12.8. The van der Waals surface area contributed by atoms with Crippen LogP contribution in [0, 0.1) is 0 Å². The van der Waals surface area contributed by atoms with Crippen molar-refractivity contribution in [3.63, 3.8) is 0 Å². The number of allylic oxidation sites excluding steroid dienone is 6. The number of hydrogen-bond acceptors (Lipinski definition) is 6. The van der Waals surface area contributed by atoms with Gasteiger partial charge in [-0.25, -0.2) is 0 Å². The lowest BCUT2D eigenvalue weighted by Gasteiger charge is -2.18. The van der Waals surface area contributed by atoms with Crippen molar-refractivity contribution in [2.45, 2.75) is 277 Å². The van der Waals surface area contributed by atoms with Gasteiger partial charge in [-0.1, -0.05) is 237 Å². The maximum Gasteiger partial charge on any atom is 0.306 e. The Labute approximate surface area is 372 Å². The standard InChI is InChI=1S/C54H98O6/c1-4-7-10-13-16-19-22-25-27-28-30-32-35-38-41-44-47-53(56)59-50-51(49-58-52(55)46-43-40-37-34-31-24-21-18-15-12-9-6-3)60-54(57)48-45-42-39-36-33-29-26-23-20-17-14-11-8-5-2/h8,11,17,20,26,29,51H,4-7,9-10,12-16,18-19,21-25,27-28,30-50H2,1-3H3/b11-8-,20-17-,29-26-. The van der Waals surface area contributed by atoms with E-state index in [1.807, 2.05) is 0 Å². The molecule has 0 spiro atoms. The molecule has 0 bridgehead atoms. The molecule has 0 aromatic heterocycles. The summed E-state index contributed by atoms with van der Waals surface area (Å²) in [6, 6.07) is 0. The maximum atomic E-state index is 12.8. The molecule has 0 aliphatic carbocycles. The van der Waals surface area contributed by atoms with E-state index in [4.69, 9.17) is 14.2 Å². The Morgan fingerprint density at radius 1 is 0.350 bits per heavy atom. The average Bonchev–Trinajstić information content (AvgIpc) is 3.24. The van der Waals surface area contributed by atoms with Crippen LogP contribution in [-0.2, 0) is 28.6 Å². The summed E-state index contributed by atoms with van der Waals surface area (Å²) >= 11 is 0. The lowest BCUT2D eigenvalue weighted by molar-refractivity contribution is -0.167. The lowest BCUT2D eigenvalue weighted by atomic mass is 10.0. The van der Waals surface area contributed by atoms with Crippen LogP contribution in [0.4, 0.5) is 0 Å². The summed E-state index contributed by atoms with van der Waals surface area (Å²) < 4.78 is 16.8. The SMILES string of the molecule is CC/C=C\C/C=C\C/C=C\CCCCCCC(=O)OC(COC(=O)CCCCCCCCCCCCCC)COC(=O)CCCCCCCCCCCCCCCCCC. The monoisotopic (exact) mass is 843 g/mol. The molecule has 6 nitrogen and oxygen atoms in total. The zero-order valence-corrected chi connectivity index (χ0v) is 40.0. The van der Waals surface area contributed by atoms with E-state index in [1.165, 1.54) is 141 Å². The molecule has 0 aromatic rings. The third-order valence-electron chi connectivity index (χ3n) is 11.4. The highest BCUT2D eigenvalue weighted by atomic mass is 16.6. The van der Waals surface area contributed by atoms with Crippen LogP contribution in [0.3, 0.4) is 0 Å². The molecule has 0 fully saturated rings. The van der Waals surface area contributed by atoms with Crippen molar-refractivity contribution in [3.05, 3.63) is 36.5 Å². The van der Waals surface area contributed by atoms with Gasteiger partial charge in [0.05, 0.1) is 0 Å². The zero-order valence-electron chi connectivity index (χ0n) is 40.0. The van der Waals surface area contributed by atoms with Crippen LogP contribution in [0.15, 0.2) is 36.5 Å². The summed E-state index contributed by atoms with van der Waals surface area (Å²) in [6.45, 7) is 6.53. The second kappa shape index (κ2) is 49.3. The molecule has 350 valence electrons. The number of carbonyl (C=O) groups is 3. The van der Waals surface area contributed by atoms with E-state index in [9.17, 15) is 14.4 Å². The van der Waals surface area contributed by atoms with Gasteiger partial charge in [-0.2, -0.15) is 0 Å². The van der Waals surface area contributed by atoms with Crippen molar-refractivity contribution >= 4 is 17.9 Å². The Kier molecular flexibility index (Phi) is 47.3. The predicted octanol–water partition coefficient (Wildman–Crippen LogP) is 16.9. The van der Waals surface area contributed by atoms with E-state index in [1.54, 1.807) is 0 Å². The van der Waals surface area contributed by atoms with Crippen LogP contribution in [0.1, 0.15) is 271 Å². The van der Waals surface area contributed by atoms with E-state index >= 15 is 0 Å². The van der Waals surface area contributed by atoms with E-state index in [0.29, 0.717) is 19.3 Å². The van der Waals surface area contributed by atoms with Gasteiger partial charge in [-0.05, 0) is 51.4 Å². The van der Waals surface area contributed by atoms with Gasteiger partial charge in [0.1, 0.15) is 13.2 Å². The van der Waals surface area contributed by atoms with Crippen molar-refractivity contribution < 1.29 is 28.6 Å². The van der Waals surface area contributed by atoms with E-state index in [2.05, 4.69) is 57.2 Å². The highest BCUT2D eigenvalue weighted by molar-refractivity contribution is 5.71. The Balaban J connectivity index is 4.36. The van der Waals surface area contributed by atoms with Crippen LogP contribution >= 0.6 is 0 Å². The average molecular weight is 843 g/mol. The summed E-state index contributed by atoms with van der Waals surface area (Å²) in [7, 11) is 0. The van der Waals surface area contributed by atoms with E-state index < -0.39 is 6.10 Å². The van der Waals surface area contributed by atoms with E-state index in [-0.39, 0.29) is 31.1 Å². The van der Waals surface area contributed by atoms with Crippen LogP contribution in [0.2, 0.25) is 0 Å². The number of unbranched alkanes of at least 4 members (excludes halogenated alkanes) is 30. The van der Waals surface area contributed by atoms with Crippen molar-refractivity contribution in [3.8, 4) is 0 Å². The molecular weight excluding hydrogens is 745 g/mol. The highest BCUT2D eigenvalue weighted by Gasteiger charge is 2.19. The van der Waals surface area contributed by atoms with Gasteiger partial charge < -0.3 is 14.2 Å². The normalized spacial score (nSPS) is 12.2. The summed E-state index contributed by atoms with van der Waals surface area (Å²) in [5, 5.41) is 0. The Morgan fingerprint density at radius 3 is 1.02 bits per heavy atom. The minimum Gasteiger partial charge on any atom is -0.462 e. The number of hydrogen-bond donors (Lipinski definition) is 0. The van der Waals surface area contributed by atoms with Gasteiger partial charge in [0, 0.05) is 19.3 Å². The first-order chi connectivity index (χ1) is 29.5. The highest BCUT2D eigenvalue weighted by Crippen LogP contribution is 2.16. The van der Waals surface area contributed by atoms with Gasteiger partial charge in [-0.3, -0.25) is 14.4 Å². The smallest absolute Gasteiger partial charge is 0.306 e. The Morgan fingerprint density at radius 2 is 0.650 bits per heavy atom. The molecule has 0 aliphatic rings. The van der Waals surface area contributed by atoms with Crippen molar-refractivity contribution in [1.29, 1.82) is 0 Å². The Hall–Kier alpha value is -2.37. The minimum atomic E-state index is -0.778. The first kappa shape index (κ1) is 57.6. The minimum absolute atomic E-state index is 0.0771. The summed E-state index contributed by atoms with van der Waals surface area (Å²) in [5.74, 6) is -0.887. The van der Waals surface area contributed by atoms with Crippen LogP contribution in [0.5, 0.6) is 0 Å². The van der Waals surface area contributed by atoms with Gasteiger partial charge in [0.2, 0.25) is 0 Å². The number of rotatable bonds is 47. The number of esters is 3. The molecule has 0 rings (SSSR count). The second-order valence-electron chi connectivity index (χ2n) is 17.4. The fourth-order valence-corrected chi connectivity index (χ4v) is 7.52. The Bertz CT molecular complexity index is 1020. The van der Waals surface area contributed by atoms with Crippen molar-refractivity contribution in [2.24, 2.45) is 0 Å². The molecule has 0 aromatic carbocycles. The van der Waals surface area contributed by atoms with E-state index in [0.717, 1.165) is 89.9 Å².